The van der Waals surface area contributed by atoms with Crippen LogP contribution in [-0.2, 0) is 0 Å². The number of ether oxygens (including phenoxy) is 2. The quantitative estimate of drug-likeness (QED) is 0.919. The lowest BCUT2D eigenvalue weighted by atomic mass is 9.98. The molecule has 2 atom stereocenters. The highest BCUT2D eigenvalue weighted by molar-refractivity contribution is 5.50. The van der Waals surface area contributed by atoms with Gasteiger partial charge in [-0.2, -0.15) is 4.39 Å². The molecule has 0 spiro atoms. The Labute approximate surface area is 117 Å². The number of hydrogen-bond acceptors (Lipinski definition) is 4. The molecule has 1 fully saturated rings. The monoisotopic (exact) mass is 286 g/mol. The van der Waals surface area contributed by atoms with Gasteiger partial charge >= 0.3 is 0 Å². The number of hydrogen-bond donors (Lipinski definition) is 1. The zero-order valence-electron chi connectivity index (χ0n) is 12.0. The second-order valence-electron chi connectivity index (χ2n) is 5.12. The van der Waals surface area contributed by atoms with E-state index in [0.717, 1.165) is 13.0 Å². The Morgan fingerprint density at radius 3 is 2.45 bits per heavy atom. The topological polar surface area (TPSA) is 47.7 Å². The van der Waals surface area contributed by atoms with Crippen molar-refractivity contribution in [2.24, 2.45) is 11.7 Å². The van der Waals surface area contributed by atoms with Crippen molar-refractivity contribution >= 4 is 0 Å². The molecule has 0 aromatic heterocycles. The average Bonchev–Trinajstić information content (AvgIpc) is 2.82. The molecule has 1 aromatic carbocycles. The van der Waals surface area contributed by atoms with Gasteiger partial charge in [0, 0.05) is 18.2 Å². The summed E-state index contributed by atoms with van der Waals surface area (Å²) in [5.41, 5.74) is 6.30. The maximum atomic E-state index is 13.7. The first-order valence-electron chi connectivity index (χ1n) is 6.53. The van der Waals surface area contributed by atoms with Gasteiger partial charge in [-0.15, -0.1) is 0 Å². The summed E-state index contributed by atoms with van der Waals surface area (Å²) in [5.74, 6) is -1.55. The third kappa shape index (κ3) is 2.45. The van der Waals surface area contributed by atoms with Crippen LogP contribution in [0.5, 0.6) is 11.5 Å². The van der Waals surface area contributed by atoms with Crippen molar-refractivity contribution in [2.75, 3.05) is 34.4 Å². The summed E-state index contributed by atoms with van der Waals surface area (Å²) in [6.45, 7) is 1.40. The van der Waals surface area contributed by atoms with E-state index in [2.05, 4.69) is 4.90 Å². The molecule has 6 heteroatoms. The standard InChI is InChI=1S/C14H20F2N2O2/c1-18-7-8(6-17)4-11(18)9-5-10(15)12(16)14(20-3)13(9)19-2/h5,8,11H,4,6-7,17H2,1-3H3. The highest BCUT2D eigenvalue weighted by Gasteiger charge is 2.34. The van der Waals surface area contributed by atoms with Gasteiger partial charge in [-0.05, 0) is 32.0 Å². The predicted molar refractivity (Wildman–Crippen MR) is 72.0 cm³/mol. The fraction of sp³-hybridized carbons (Fsp3) is 0.571. The molecule has 0 amide bonds. The van der Waals surface area contributed by atoms with Crippen LogP contribution in [0.1, 0.15) is 18.0 Å². The Bertz CT molecular complexity index is 497. The van der Waals surface area contributed by atoms with Crippen LogP contribution in [0, 0.1) is 17.6 Å². The highest BCUT2D eigenvalue weighted by atomic mass is 19.2. The summed E-state index contributed by atoms with van der Waals surface area (Å²) in [6.07, 6.45) is 0.789. The lowest BCUT2D eigenvalue weighted by molar-refractivity contribution is 0.287. The lowest BCUT2D eigenvalue weighted by Gasteiger charge is -2.23. The molecule has 0 aliphatic carbocycles. The molecule has 0 bridgehead atoms. The SMILES string of the molecule is COc1c(C2CC(CN)CN2C)cc(F)c(F)c1OC. The molecular weight excluding hydrogens is 266 g/mol. The third-order valence-corrected chi connectivity index (χ3v) is 3.90. The number of nitrogens with two attached hydrogens (primary N) is 1. The van der Waals surface area contributed by atoms with E-state index in [0.29, 0.717) is 18.0 Å². The zero-order valence-corrected chi connectivity index (χ0v) is 12.0. The van der Waals surface area contributed by atoms with Crippen molar-refractivity contribution < 1.29 is 18.3 Å². The first-order chi connectivity index (χ1) is 9.53. The molecule has 1 heterocycles. The maximum absolute atomic E-state index is 13.7. The first kappa shape index (κ1) is 15.0. The van der Waals surface area contributed by atoms with Gasteiger partial charge < -0.3 is 15.2 Å². The van der Waals surface area contributed by atoms with Gasteiger partial charge in [-0.1, -0.05) is 0 Å². The molecule has 4 nitrogen and oxygen atoms in total. The van der Waals surface area contributed by atoms with Crippen molar-refractivity contribution in [3.05, 3.63) is 23.3 Å². The van der Waals surface area contributed by atoms with E-state index < -0.39 is 11.6 Å². The van der Waals surface area contributed by atoms with Gasteiger partial charge in [-0.25, -0.2) is 4.39 Å². The highest BCUT2D eigenvalue weighted by Crippen LogP contribution is 2.44. The number of likely N-dealkylation sites (tertiary alicyclic amines) is 1. The van der Waals surface area contributed by atoms with Crippen LogP contribution < -0.4 is 15.2 Å². The average molecular weight is 286 g/mol. The van der Waals surface area contributed by atoms with Crippen LogP contribution in [0.25, 0.3) is 0 Å². The third-order valence-electron chi connectivity index (χ3n) is 3.90. The smallest absolute Gasteiger partial charge is 0.204 e. The van der Waals surface area contributed by atoms with Crippen molar-refractivity contribution in [3.8, 4) is 11.5 Å². The Kier molecular flexibility index (Phi) is 4.45. The molecule has 0 saturated carbocycles. The molecule has 20 heavy (non-hydrogen) atoms. The summed E-state index contributed by atoms with van der Waals surface area (Å²) in [5, 5.41) is 0. The second-order valence-corrected chi connectivity index (χ2v) is 5.12. The van der Waals surface area contributed by atoms with Crippen LogP contribution in [0.2, 0.25) is 0 Å². The summed E-state index contributed by atoms with van der Waals surface area (Å²) < 4.78 is 37.7. The fourth-order valence-corrected chi connectivity index (χ4v) is 2.88. The van der Waals surface area contributed by atoms with Gasteiger partial charge in [0.15, 0.2) is 17.3 Å². The van der Waals surface area contributed by atoms with E-state index in [1.165, 1.54) is 20.3 Å². The molecule has 2 unspecified atom stereocenters. The van der Waals surface area contributed by atoms with E-state index in [1.807, 2.05) is 7.05 Å². The maximum Gasteiger partial charge on any atom is 0.204 e. The van der Waals surface area contributed by atoms with Crippen molar-refractivity contribution in [1.29, 1.82) is 0 Å². The van der Waals surface area contributed by atoms with Crippen LogP contribution in [0.4, 0.5) is 8.78 Å². The van der Waals surface area contributed by atoms with Crippen molar-refractivity contribution in [2.45, 2.75) is 12.5 Å². The van der Waals surface area contributed by atoms with Gasteiger partial charge in [0.25, 0.3) is 0 Å². The molecule has 0 radical (unpaired) electrons. The minimum absolute atomic E-state index is 0.0532. The molecule has 1 saturated heterocycles. The molecule has 112 valence electrons. The molecule has 2 N–H and O–H groups in total. The largest absolute Gasteiger partial charge is 0.492 e. The molecule has 1 aliphatic heterocycles. The Balaban J connectivity index is 2.48. The number of benzene rings is 1. The Morgan fingerprint density at radius 1 is 1.30 bits per heavy atom. The summed E-state index contributed by atoms with van der Waals surface area (Å²) in [7, 11) is 4.66. The van der Waals surface area contributed by atoms with Crippen LogP contribution in [0.3, 0.4) is 0 Å². The predicted octanol–water partition coefficient (Wildman–Crippen LogP) is 1.93. The minimum atomic E-state index is -1.02. The van der Waals surface area contributed by atoms with Crippen LogP contribution in [0.15, 0.2) is 6.07 Å². The number of halogens is 2. The lowest BCUT2D eigenvalue weighted by Crippen LogP contribution is -2.21. The Hall–Kier alpha value is -1.40. The van der Waals surface area contributed by atoms with E-state index in [4.69, 9.17) is 15.2 Å². The summed E-state index contributed by atoms with van der Waals surface area (Å²) >= 11 is 0. The number of rotatable bonds is 4. The van der Waals surface area contributed by atoms with E-state index in [-0.39, 0.29) is 17.5 Å². The van der Waals surface area contributed by atoms with Gasteiger partial charge in [0.1, 0.15) is 0 Å². The second kappa shape index (κ2) is 5.93. The van der Waals surface area contributed by atoms with Gasteiger partial charge in [-0.3, -0.25) is 4.90 Å². The fourth-order valence-electron chi connectivity index (χ4n) is 2.88. The van der Waals surface area contributed by atoms with E-state index in [9.17, 15) is 8.78 Å². The first-order valence-corrected chi connectivity index (χ1v) is 6.53. The molecule has 1 aromatic rings. The van der Waals surface area contributed by atoms with E-state index in [1.54, 1.807) is 0 Å². The van der Waals surface area contributed by atoms with E-state index >= 15 is 0 Å². The molecule has 2 rings (SSSR count). The van der Waals surface area contributed by atoms with Crippen molar-refractivity contribution in [1.82, 2.24) is 4.90 Å². The Morgan fingerprint density at radius 2 is 1.95 bits per heavy atom. The zero-order chi connectivity index (χ0) is 14.9. The van der Waals surface area contributed by atoms with Crippen molar-refractivity contribution in [3.63, 3.8) is 0 Å². The minimum Gasteiger partial charge on any atom is -0.492 e. The van der Waals surface area contributed by atoms with Crippen LogP contribution >= 0.6 is 0 Å². The molecular formula is C14H20F2N2O2. The summed E-state index contributed by atoms with van der Waals surface area (Å²) in [6, 6.07) is 1.14. The van der Waals surface area contributed by atoms with Crippen LogP contribution in [-0.4, -0.2) is 39.3 Å². The number of nitrogens with zero attached hydrogens (tertiary/aromatic N) is 1. The molecule has 1 aliphatic rings. The number of methoxy groups -OCH3 is 2. The summed E-state index contributed by atoms with van der Waals surface area (Å²) in [4.78, 5) is 2.08. The van der Waals surface area contributed by atoms with Gasteiger partial charge in [0.05, 0.1) is 14.2 Å². The van der Waals surface area contributed by atoms with Gasteiger partial charge in [0.2, 0.25) is 5.82 Å². The normalized spacial score (nSPS) is 23.1.